The minimum Gasteiger partial charge on any atom is -0.312 e. The van der Waals surface area contributed by atoms with E-state index in [0.29, 0.717) is 11.7 Å². The molecule has 0 aliphatic carbocycles. The van der Waals surface area contributed by atoms with Gasteiger partial charge in [-0.3, -0.25) is 9.59 Å². The van der Waals surface area contributed by atoms with Gasteiger partial charge in [-0.15, -0.1) is 11.3 Å². The second-order valence-corrected chi connectivity index (χ2v) is 8.00. The molecule has 1 N–H and O–H groups in total. The molecular weight excluding hydrogens is 370 g/mol. The molecular formula is C22H21N3O2S. The van der Waals surface area contributed by atoms with Crippen molar-refractivity contribution in [3.8, 4) is 11.3 Å². The van der Waals surface area contributed by atoms with Gasteiger partial charge < -0.3 is 10.2 Å². The molecule has 2 aromatic carbocycles. The Labute approximate surface area is 168 Å². The summed E-state index contributed by atoms with van der Waals surface area (Å²) < 4.78 is 0. The van der Waals surface area contributed by atoms with E-state index in [1.54, 1.807) is 4.90 Å². The average molecular weight is 391 g/mol. The van der Waals surface area contributed by atoms with Crippen molar-refractivity contribution in [3.63, 3.8) is 0 Å². The summed E-state index contributed by atoms with van der Waals surface area (Å²) in [6, 6.07) is 15.9. The van der Waals surface area contributed by atoms with Gasteiger partial charge in [0, 0.05) is 29.6 Å². The van der Waals surface area contributed by atoms with Crippen LogP contribution in [0, 0.1) is 19.8 Å². The molecule has 1 aromatic heterocycles. The number of nitrogens with zero attached hydrogens (tertiary/aromatic N) is 2. The number of aryl methyl sites for hydroxylation is 2. The topological polar surface area (TPSA) is 62.3 Å². The van der Waals surface area contributed by atoms with Crippen LogP contribution in [-0.2, 0) is 9.59 Å². The highest BCUT2D eigenvalue weighted by Crippen LogP contribution is 2.29. The number of aromatic nitrogens is 1. The Bertz CT molecular complexity index is 1030. The normalized spacial score (nSPS) is 16.4. The largest absolute Gasteiger partial charge is 0.312 e. The molecule has 1 unspecified atom stereocenters. The molecule has 28 heavy (non-hydrogen) atoms. The minimum atomic E-state index is -0.375. The van der Waals surface area contributed by atoms with E-state index < -0.39 is 0 Å². The van der Waals surface area contributed by atoms with E-state index in [1.807, 2.05) is 67.8 Å². The van der Waals surface area contributed by atoms with Crippen molar-refractivity contribution < 1.29 is 9.59 Å². The lowest BCUT2D eigenvalue weighted by Crippen LogP contribution is -2.28. The SMILES string of the molecule is Cc1ccc(-c2csc(NC(=O)C3CC(=O)N(c4cccc(C)c4)C3)n2)cc1. The standard InChI is InChI=1S/C22H21N3O2S/c1-14-6-8-16(9-7-14)19-13-28-22(23-19)24-21(27)17-11-20(26)25(12-17)18-5-3-4-15(2)10-18/h3-10,13,17H,11-12H2,1-2H3,(H,23,24,27). The summed E-state index contributed by atoms with van der Waals surface area (Å²) in [6.07, 6.45) is 0.218. The van der Waals surface area contributed by atoms with Crippen LogP contribution in [0.4, 0.5) is 10.8 Å². The van der Waals surface area contributed by atoms with Gasteiger partial charge in [-0.05, 0) is 31.5 Å². The fourth-order valence-corrected chi connectivity index (χ4v) is 4.05. The zero-order valence-corrected chi connectivity index (χ0v) is 16.6. The maximum atomic E-state index is 12.7. The molecule has 2 heterocycles. The maximum Gasteiger partial charge on any atom is 0.231 e. The number of amides is 2. The first-order chi connectivity index (χ1) is 13.5. The summed E-state index contributed by atoms with van der Waals surface area (Å²) in [5, 5.41) is 5.37. The van der Waals surface area contributed by atoms with Crippen molar-refractivity contribution in [1.29, 1.82) is 0 Å². The Balaban J connectivity index is 1.43. The van der Waals surface area contributed by atoms with Gasteiger partial charge in [0.25, 0.3) is 0 Å². The molecule has 1 aliphatic rings. The smallest absolute Gasteiger partial charge is 0.231 e. The molecule has 142 valence electrons. The van der Waals surface area contributed by atoms with E-state index in [4.69, 9.17) is 0 Å². The van der Waals surface area contributed by atoms with Crippen LogP contribution in [0.15, 0.2) is 53.9 Å². The number of anilines is 2. The quantitative estimate of drug-likeness (QED) is 0.716. The highest BCUT2D eigenvalue weighted by Gasteiger charge is 2.35. The fourth-order valence-electron chi connectivity index (χ4n) is 3.32. The number of hydrogen-bond acceptors (Lipinski definition) is 4. The third kappa shape index (κ3) is 3.82. The third-order valence-corrected chi connectivity index (χ3v) is 5.65. The molecule has 2 amide bonds. The van der Waals surface area contributed by atoms with Gasteiger partial charge in [0.1, 0.15) is 0 Å². The van der Waals surface area contributed by atoms with Gasteiger partial charge in [0.15, 0.2) is 5.13 Å². The van der Waals surface area contributed by atoms with E-state index in [9.17, 15) is 9.59 Å². The van der Waals surface area contributed by atoms with Gasteiger partial charge >= 0.3 is 0 Å². The Morgan fingerprint density at radius 1 is 1.14 bits per heavy atom. The highest BCUT2D eigenvalue weighted by atomic mass is 32.1. The first-order valence-electron chi connectivity index (χ1n) is 9.20. The van der Waals surface area contributed by atoms with E-state index in [0.717, 1.165) is 22.5 Å². The number of nitrogens with one attached hydrogen (secondary N) is 1. The van der Waals surface area contributed by atoms with Crippen molar-refractivity contribution >= 4 is 34.0 Å². The molecule has 3 aromatic rings. The number of thiazole rings is 1. The predicted molar refractivity (Wildman–Crippen MR) is 113 cm³/mol. The number of rotatable bonds is 4. The van der Waals surface area contributed by atoms with Crippen LogP contribution in [0.1, 0.15) is 17.5 Å². The lowest BCUT2D eigenvalue weighted by molar-refractivity contribution is -0.122. The maximum absolute atomic E-state index is 12.7. The van der Waals surface area contributed by atoms with Crippen LogP contribution in [0.25, 0.3) is 11.3 Å². The fraction of sp³-hybridized carbons (Fsp3) is 0.227. The summed E-state index contributed by atoms with van der Waals surface area (Å²) in [7, 11) is 0. The zero-order valence-electron chi connectivity index (χ0n) is 15.8. The molecule has 4 rings (SSSR count). The Morgan fingerprint density at radius 3 is 2.68 bits per heavy atom. The van der Waals surface area contributed by atoms with E-state index in [2.05, 4.69) is 10.3 Å². The van der Waals surface area contributed by atoms with Crippen LogP contribution in [0.5, 0.6) is 0 Å². The van der Waals surface area contributed by atoms with E-state index in [1.165, 1.54) is 16.9 Å². The molecule has 1 saturated heterocycles. The van der Waals surface area contributed by atoms with E-state index in [-0.39, 0.29) is 24.2 Å². The van der Waals surface area contributed by atoms with Crippen LogP contribution < -0.4 is 10.2 Å². The first kappa shape index (κ1) is 18.4. The molecule has 1 atom stereocenters. The highest BCUT2D eigenvalue weighted by molar-refractivity contribution is 7.14. The summed E-state index contributed by atoms with van der Waals surface area (Å²) in [4.78, 5) is 31.3. The lowest BCUT2D eigenvalue weighted by atomic mass is 10.1. The van der Waals surface area contributed by atoms with Gasteiger partial charge in [-0.2, -0.15) is 0 Å². The second-order valence-electron chi connectivity index (χ2n) is 7.14. The van der Waals surface area contributed by atoms with Gasteiger partial charge in [-0.25, -0.2) is 4.98 Å². The minimum absolute atomic E-state index is 0.0229. The summed E-state index contributed by atoms with van der Waals surface area (Å²) >= 11 is 1.39. The Kier molecular flexibility index (Phi) is 4.96. The number of carbonyl (C=O) groups is 2. The number of benzene rings is 2. The monoisotopic (exact) mass is 391 g/mol. The van der Waals surface area contributed by atoms with Crippen LogP contribution in [0.3, 0.4) is 0 Å². The summed E-state index contributed by atoms with van der Waals surface area (Å²) in [5.74, 6) is -0.557. The zero-order chi connectivity index (χ0) is 19.7. The predicted octanol–water partition coefficient (Wildman–Crippen LogP) is 4.42. The average Bonchev–Trinajstić information content (AvgIpc) is 3.29. The van der Waals surface area contributed by atoms with Crippen LogP contribution >= 0.6 is 11.3 Å². The van der Waals surface area contributed by atoms with Crippen molar-refractivity contribution in [1.82, 2.24) is 4.98 Å². The molecule has 1 fully saturated rings. The summed E-state index contributed by atoms with van der Waals surface area (Å²) in [5.41, 5.74) is 4.98. The van der Waals surface area contributed by atoms with Crippen molar-refractivity contribution in [2.24, 2.45) is 5.92 Å². The van der Waals surface area contributed by atoms with Gasteiger partial charge in [0.05, 0.1) is 11.6 Å². The molecule has 5 nitrogen and oxygen atoms in total. The second kappa shape index (κ2) is 7.56. The van der Waals surface area contributed by atoms with Crippen LogP contribution in [-0.4, -0.2) is 23.3 Å². The molecule has 0 spiro atoms. The van der Waals surface area contributed by atoms with E-state index >= 15 is 0 Å². The molecule has 6 heteroatoms. The van der Waals surface area contributed by atoms with Gasteiger partial charge in [0.2, 0.25) is 11.8 Å². The first-order valence-corrected chi connectivity index (χ1v) is 10.1. The molecule has 0 radical (unpaired) electrons. The number of hydrogen-bond donors (Lipinski definition) is 1. The third-order valence-electron chi connectivity index (χ3n) is 4.89. The lowest BCUT2D eigenvalue weighted by Gasteiger charge is -2.17. The summed E-state index contributed by atoms with van der Waals surface area (Å²) in [6.45, 7) is 4.42. The van der Waals surface area contributed by atoms with Gasteiger partial charge in [-0.1, -0.05) is 42.0 Å². The molecule has 0 bridgehead atoms. The Hall–Kier alpha value is -2.99. The molecule has 0 saturated carbocycles. The number of carbonyl (C=O) groups excluding carboxylic acids is 2. The Morgan fingerprint density at radius 2 is 1.93 bits per heavy atom. The van der Waals surface area contributed by atoms with Crippen molar-refractivity contribution in [2.75, 3.05) is 16.8 Å². The van der Waals surface area contributed by atoms with Crippen molar-refractivity contribution in [3.05, 3.63) is 65.0 Å². The van der Waals surface area contributed by atoms with Crippen LogP contribution in [0.2, 0.25) is 0 Å². The van der Waals surface area contributed by atoms with Crippen molar-refractivity contribution in [2.45, 2.75) is 20.3 Å². The molecule has 1 aliphatic heterocycles.